The lowest BCUT2D eigenvalue weighted by Crippen LogP contribution is -3.17. The van der Waals surface area contributed by atoms with Gasteiger partial charge in [-0.2, -0.15) is 9.57 Å². The molecule has 0 amide bonds. The molecule has 126 valence electrons. The summed E-state index contributed by atoms with van der Waals surface area (Å²) >= 11 is 0. The predicted molar refractivity (Wildman–Crippen MR) is 89.9 cm³/mol. The van der Waals surface area contributed by atoms with Crippen molar-refractivity contribution in [3.05, 3.63) is 28.3 Å². The van der Waals surface area contributed by atoms with Crippen LogP contribution in [0.5, 0.6) is 0 Å². The van der Waals surface area contributed by atoms with Crippen LogP contribution >= 0.6 is 0 Å². The maximum absolute atomic E-state index is 13.1. The second kappa shape index (κ2) is 6.60. The summed E-state index contributed by atoms with van der Waals surface area (Å²) in [4.78, 5) is 1.62. The van der Waals surface area contributed by atoms with E-state index >= 15 is 0 Å². The Balaban J connectivity index is 2.34. The van der Waals surface area contributed by atoms with Gasteiger partial charge in [-0.25, -0.2) is 8.42 Å². The van der Waals surface area contributed by atoms with Gasteiger partial charge in [0.25, 0.3) is 0 Å². The zero-order valence-corrected chi connectivity index (χ0v) is 15.4. The number of piperazine rings is 1. The van der Waals surface area contributed by atoms with Crippen LogP contribution in [0.4, 0.5) is 0 Å². The Morgan fingerprint density at radius 2 is 1.61 bits per heavy atom. The van der Waals surface area contributed by atoms with Crippen LogP contribution in [0.1, 0.15) is 29.2 Å². The maximum Gasteiger partial charge on any atom is 0.244 e. The van der Waals surface area contributed by atoms with Gasteiger partial charge >= 0.3 is 0 Å². The summed E-state index contributed by atoms with van der Waals surface area (Å²) < 4.78 is 27.8. The number of hydrogen-bond donors (Lipinski definition) is 1. The van der Waals surface area contributed by atoms with E-state index in [1.165, 1.54) is 0 Å². The first-order chi connectivity index (χ1) is 10.7. The van der Waals surface area contributed by atoms with Gasteiger partial charge in [-0.3, -0.25) is 0 Å². The minimum atomic E-state index is -3.49. The molecule has 0 aliphatic carbocycles. The van der Waals surface area contributed by atoms with Crippen LogP contribution in [0.3, 0.4) is 0 Å². The van der Waals surface area contributed by atoms with E-state index in [1.54, 1.807) is 4.31 Å². The van der Waals surface area contributed by atoms with Gasteiger partial charge < -0.3 is 4.90 Å². The van der Waals surface area contributed by atoms with Crippen molar-refractivity contribution in [1.29, 1.82) is 5.26 Å². The average molecular weight is 336 g/mol. The van der Waals surface area contributed by atoms with E-state index < -0.39 is 10.0 Å². The summed E-state index contributed by atoms with van der Waals surface area (Å²) in [5.41, 5.74) is 3.70. The zero-order chi connectivity index (χ0) is 17.4. The zero-order valence-electron chi connectivity index (χ0n) is 14.6. The van der Waals surface area contributed by atoms with E-state index in [9.17, 15) is 8.42 Å². The number of nitrogens with zero attached hydrogens (tertiary/aromatic N) is 2. The molecule has 23 heavy (non-hydrogen) atoms. The molecule has 0 saturated carbocycles. The van der Waals surface area contributed by atoms with Crippen molar-refractivity contribution >= 4 is 10.0 Å². The standard InChI is InChI=1S/C17H25N3O2S/c1-12-10-13(2)16(5)17(15(12)4)23(21,22)20-8-6-19(7-9-20)14(3)11-18/h10,14H,6-9H2,1-5H3/p+1/t14-/m0/s1. The third-order valence-corrected chi connectivity index (χ3v) is 7.24. The maximum atomic E-state index is 13.1. The van der Waals surface area contributed by atoms with Gasteiger partial charge in [-0.05, 0) is 49.9 Å². The molecular weight excluding hydrogens is 310 g/mol. The number of rotatable bonds is 3. The monoisotopic (exact) mass is 336 g/mol. The number of hydrogen-bond acceptors (Lipinski definition) is 3. The summed E-state index contributed by atoms with van der Waals surface area (Å²) in [6.07, 6.45) is 0. The molecule has 0 unspecified atom stereocenters. The summed E-state index contributed by atoms with van der Waals surface area (Å²) in [5.74, 6) is 0. The molecule has 1 saturated heterocycles. The van der Waals surface area contributed by atoms with Crippen LogP contribution < -0.4 is 4.90 Å². The molecule has 1 aliphatic heterocycles. The fourth-order valence-corrected chi connectivity index (χ4v) is 5.25. The van der Waals surface area contributed by atoms with Crippen LogP contribution in [0.15, 0.2) is 11.0 Å². The Morgan fingerprint density at radius 1 is 1.13 bits per heavy atom. The molecule has 1 aromatic rings. The molecule has 1 aromatic carbocycles. The fourth-order valence-electron chi connectivity index (χ4n) is 3.23. The van der Waals surface area contributed by atoms with E-state index in [0.29, 0.717) is 31.1 Å². The minimum Gasteiger partial charge on any atom is -0.319 e. The summed E-state index contributed by atoms with van der Waals surface area (Å²) in [6, 6.07) is 4.20. The van der Waals surface area contributed by atoms with Gasteiger partial charge in [0.15, 0.2) is 6.04 Å². The van der Waals surface area contributed by atoms with E-state index in [2.05, 4.69) is 6.07 Å². The molecule has 2 rings (SSSR count). The highest BCUT2D eigenvalue weighted by Crippen LogP contribution is 2.28. The number of nitrogens with one attached hydrogen (secondary N) is 1. The van der Waals surface area contributed by atoms with Gasteiger partial charge in [0.05, 0.1) is 31.1 Å². The molecule has 5 nitrogen and oxygen atoms in total. The van der Waals surface area contributed by atoms with E-state index in [-0.39, 0.29) is 6.04 Å². The third-order valence-electron chi connectivity index (χ3n) is 5.07. The molecule has 6 heteroatoms. The third kappa shape index (κ3) is 3.27. The first kappa shape index (κ1) is 17.9. The second-order valence-corrected chi connectivity index (χ2v) is 8.38. The van der Waals surface area contributed by atoms with Crippen molar-refractivity contribution in [1.82, 2.24) is 4.31 Å². The topological polar surface area (TPSA) is 65.6 Å². The molecule has 0 radical (unpaired) electrons. The van der Waals surface area contributed by atoms with Crippen LogP contribution in [-0.2, 0) is 10.0 Å². The Hall–Kier alpha value is -1.42. The van der Waals surface area contributed by atoms with Crippen molar-refractivity contribution in [2.75, 3.05) is 26.2 Å². The summed E-state index contributed by atoms with van der Waals surface area (Å²) in [5, 5.41) is 9.02. The van der Waals surface area contributed by atoms with Crippen molar-refractivity contribution in [3.8, 4) is 6.07 Å². The average Bonchev–Trinajstić information content (AvgIpc) is 2.52. The number of aryl methyl sites for hydroxylation is 2. The molecule has 1 fully saturated rings. The van der Waals surface area contributed by atoms with Gasteiger partial charge in [-0.15, -0.1) is 0 Å². The predicted octanol–water partition coefficient (Wildman–Crippen LogP) is 0.722. The van der Waals surface area contributed by atoms with Crippen molar-refractivity contribution in [2.45, 2.75) is 45.6 Å². The molecule has 1 heterocycles. The Labute approximate surface area is 139 Å². The van der Waals surface area contributed by atoms with Crippen LogP contribution in [0, 0.1) is 39.0 Å². The number of quaternary nitrogens is 1. The lowest BCUT2D eigenvalue weighted by molar-refractivity contribution is -0.918. The van der Waals surface area contributed by atoms with Crippen molar-refractivity contribution < 1.29 is 13.3 Å². The highest BCUT2D eigenvalue weighted by Gasteiger charge is 2.34. The van der Waals surface area contributed by atoms with E-state index in [0.717, 1.165) is 27.2 Å². The van der Waals surface area contributed by atoms with Gasteiger partial charge in [0.1, 0.15) is 6.07 Å². The van der Waals surface area contributed by atoms with Crippen LogP contribution in [0.2, 0.25) is 0 Å². The number of sulfonamides is 1. The lowest BCUT2D eigenvalue weighted by atomic mass is 10.0. The number of nitriles is 1. The molecule has 1 N–H and O–H groups in total. The molecule has 1 aliphatic rings. The molecular formula is C17H26N3O2S+. The molecule has 1 atom stereocenters. The highest BCUT2D eigenvalue weighted by atomic mass is 32.2. The van der Waals surface area contributed by atoms with E-state index in [4.69, 9.17) is 5.26 Å². The van der Waals surface area contributed by atoms with E-state index in [1.807, 2.05) is 40.7 Å². The van der Waals surface area contributed by atoms with Gasteiger partial charge in [-0.1, -0.05) is 6.07 Å². The van der Waals surface area contributed by atoms with Crippen molar-refractivity contribution in [2.24, 2.45) is 0 Å². The van der Waals surface area contributed by atoms with Gasteiger partial charge in [0, 0.05) is 6.92 Å². The highest BCUT2D eigenvalue weighted by molar-refractivity contribution is 7.89. The first-order valence-electron chi connectivity index (χ1n) is 8.02. The van der Waals surface area contributed by atoms with Crippen LogP contribution in [-0.4, -0.2) is 44.9 Å². The van der Waals surface area contributed by atoms with Gasteiger partial charge in [0.2, 0.25) is 10.0 Å². The van der Waals surface area contributed by atoms with Crippen LogP contribution in [0.25, 0.3) is 0 Å². The minimum absolute atomic E-state index is 0.0930. The summed E-state index contributed by atoms with van der Waals surface area (Å²) in [6.45, 7) is 11.9. The number of benzene rings is 1. The Kier molecular flexibility index (Phi) is 5.14. The quantitative estimate of drug-likeness (QED) is 0.885. The fraction of sp³-hybridized carbons (Fsp3) is 0.588. The smallest absolute Gasteiger partial charge is 0.244 e. The first-order valence-corrected chi connectivity index (χ1v) is 9.46. The normalized spacial score (nSPS) is 18.6. The molecule has 0 aromatic heterocycles. The van der Waals surface area contributed by atoms with Crippen molar-refractivity contribution in [3.63, 3.8) is 0 Å². The SMILES string of the molecule is Cc1cc(C)c(C)c(S(=O)(=O)N2CC[NH+]([C@@H](C)C#N)CC2)c1C. The lowest BCUT2D eigenvalue weighted by Gasteiger charge is -2.33. The largest absolute Gasteiger partial charge is 0.319 e. The second-order valence-electron chi connectivity index (χ2n) is 6.50. The molecule has 0 bridgehead atoms. The summed E-state index contributed by atoms with van der Waals surface area (Å²) in [7, 11) is -3.49. The molecule has 0 spiro atoms. The Morgan fingerprint density at radius 3 is 2.04 bits per heavy atom. The Bertz CT molecular complexity index is 716.